The average molecular weight is 1110 g/mol. The van der Waals surface area contributed by atoms with E-state index in [-0.39, 0.29) is 32.2 Å². The minimum absolute atomic E-state index is 0.184. The van der Waals surface area contributed by atoms with E-state index in [1.807, 2.05) is 21.1 Å². The smallest absolute Gasteiger partial charge is 0.361 e. The van der Waals surface area contributed by atoms with Gasteiger partial charge in [-0.1, -0.05) is 259 Å². The number of carbonyl (C=O) groups excluding carboxylic acids is 2. The van der Waals surface area contributed by atoms with E-state index in [9.17, 15) is 19.5 Å². The highest BCUT2D eigenvalue weighted by Gasteiger charge is 2.25. The fourth-order valence-corrected chi connectivity index (χ4v) is 8.87. The van der Waals surface area contributed by atoms with Crippen molar-refractivity contribution in [1.29, 1.82) is 0 Å². The van der Waals surface area contributed by atoms with Crippen LogP contribution in [-0.4, -0.2) is 87.4 Å². The molecule has 0 fully saturated rings. The van der Waals surface area contributed by atoms with Crippen LogP contribution in [0.3, 0.4) is 0 Å². The lowest BCUT2D eigenvalue weighted by molar-refractivity contribution is -0.870. The molecule has 0 bridgehead atoms. The number of quaternary nitrogens is 1. The van der Waals surface area contributed by atoms with E-state index in [4.69, 9.17) is 18.9 Å². The van der Waals surface area contributed by atoms with Crippen molar-refractivity contribution in [2.24, 2.45) is 0 Å². The summed E-state index contributed by atoms with van der Waals surface area (Å²) in [6.07, 6.45) is 79.2. The maximum absolute atomic E-state index is 12.9. The highest BCUT2D eigenvalue weighted by Crippen LogP contribution is 2.16. The van der Waals surface area contributed by atoms with E-state index >= 15 is 0 Å². The Hall–Kier alpha value is -3.79. The fraction of sp³-hybridized carbons (Fsp3) is 0.729. The van der Waals surface area contributed by atoms with Gasteiger partial charge < -0.3 is 28.5 Å². The molecule has 0 aromatic rings. The van der Waals surface area contributed by atoms with Crippen molar-refractivity contribution in [3.05, 3.63) is 97.2 Å². The fourth-order valence-electron chi connectivity index (χ4n) is 8.87. The van der Waals surface area contributed by atoms with Crippen LogP contribution in [-0.2, 0) is 33.3 Å². The molecule has 0 heterocycles. The number of ether oxygens (including phenoxy) is 4. The normalized spacial score (nSPS) is 13.4. The van der Waals surface area contributed by atoms with Gasteiger partial charge in [0.25, 0.3) is 6.29 Å². The second-order valence-corrected chi connectivity index (χ2v) is 22.7. The van der Waals surface area contributed by atoms with E-state index in [0.29, 0.717) is 23.9 Å². The summed E-state index contributed by atoms with van der Waals surface area (Å²) in [6.45, 7) is 4.77. The lowest BCUT2D eigenvalue weighted by Gasteiger charge is -2.25. The molecule has 0 aromatic heterocycles. The molecular formula is C70H122NO8+. The van der Waals surface area contributed by atoms with Gasteiger partial charge in [-0.3, -0.25) is 9.59 Å². The van der Waals surface area contributed by atoms with E-state index in [1.54, 1.807) is 0 Å². The van der Waals surface area contributed by atoms with Gasteiger partial charge in [-0.05, 0) is 96.3 Å². The van der Waals surface area contributed by atoms with Gasteiger partial charge in [-0.15, -0.1) is 0 Å². The van der Waals surface area contributed by atoms with Crippen molar-refractivity contribution in [3.8, 4) is 0 Å². The van der Waals surface area contributed by atoms with E-state index < -0.39 is 24.3 Å². The van der Waals surface area contributed by atoms with Gasteiger partial charge in [0.15, 0.2) is 6.10 Å². The van der Waals surface area contributed by atoms with Crippen LogP contribution in [0.1, 0.15) is 271 Å². The van der Waals surface area contributed by atoms with Crippen molar-refractivity contribution >= 4 is 17.9 Å². The number of unbranched alkanes of at least 4 members (excludes halogenated alkanes) is 28. The summed E-state index contributed by atoms with van der Waals surface area (Å²) in [5, 5.41) is 9.73. The van der Waals surface area contributed by atoms with Gasteiger partial charge in [-0.2, -0.15) is 0 Å². The quantitative estimate of drug-likeness (QED) is 0.0211. The van der Waals surface area contributed by atoms with Crippen molar-refractivity contribution < 1.29 is 42.9 Å². The van der Waals surface area contributed by atoms with Crippen LogP contribution < -0.4 is 0 Å². The van der Waals surface area contributed by atoms with E-state index in [0.717, 1.165) is 89.9 Å². The predicted molar refractivity (Wildman–Crippen MR) is 336 cm³/mol. The standard InChI is InChI=1S/C70H121NO8/c1-6-8-10-12-14-16-18-20-22-24-26-28-29-30-31-32-33-34-35-36-37-38-39-41-43-45-47-49-51-53-55-57-59-61-68(73)79-66(65-78-70(69(74)75)76-63-62-71(3,4)5)64-77-67(72)60-58-56-54-52-50-48-46-44-42-40-27-25-23-21-19-17-15-13-11-9-7-2/h8,10,14,16,20,22,25-28,30-31,33-34,36-37,66,70H,6-7,9,11-13,15,17-19,21,23-24,29,32,35,38-65H2,1-5H3/p+1/b10-8-,16-14-,22-20-,27-25-,28-26-,31-30-,34-33-,37-36-. The first-order valence-corrected chi connectivity index (χ1v) is 32.4. The first kappa shape index (κ1) is 75.2. The van der Waals surface area contributed by atoms with E-state index in [1.165, 1.54) is 148 Å². The third-order valence-electron chi connectivity index (χ3n) is 13.8. The third kappa shape index (κ3) is 61.7. The van der Waals surface area contributed by atoms with Gasteiger partial charge in [-0.25, -0.2) is 4.79 Å². The van der Waals surface area contributed by atoms with Crippen LogP contribution >= 0.6 is 0 Å². The second-order valence-electron chi connectivity index (χ2n) is 22.7. The Balaban J connectivity index is 4.19. The number of nitrogens with zero attached hydrogens (tertiary/aromatic N) is 1. The van der Waals surface area contributed by atoms with Crippen molar-refractivity contribution in [2.45, 2.75) is 283 Å². The van der Waals surface area contributed by atoms with Gasteiger partial charge in [0, 0.05) is 12.8 Å². The van der Waals surface area contributed by atoms with Crippen LogP contribution in [0, 0.1) is 0 Å². The summed E-state index contributed by atoms with van der Waals surface area (Å²) in [4.78, 5) is 37.5. The molecule has 0 aliphatic carbocycles. The molecule has 0 rings (SSSR count). The largest absolute Gasteiger partial charge is 0.477 e. The van der Waals surface area contributed by atoms with Crippen LogP contribution in [0.5, 0.6) is 0 Å². The Morgan fingerprint density at radius 1 is 0.392 bits per heavy atom. The highest BCUT2D eigenvalue weighted by atomic mass is 16.7. The number of allylic oxidation sites excluding steroid dienone is 16. The van der Waals surface area contributed by atoms with Gasteiger partial charge in [0.2, 0.25) is 0 Å². The number of carbonyl (C=O) groups is 3. The number of carboxylic acid groups (broad SMARTS) is 1. The maximum Gasteiger partial charge on any atom is 0.361 e. The Bertz CT molecular complexity index is 1620. The number of rotatable bonds is 59. The maximum atomic E-state index is 12.9. The number of esters is 2. The predicted octanol–water partition coefficient (Wildman–Crippen LogP) is 19.7. The molecule has 9 heteroatoms. The number of hydrogen-bond donors (Lipinski definition) is 1. The Morgan fingerprint density at radius 2 is 0.722 bits per heavy atom. The molecule has 79 heavy (non-hydrogen) atoms. The Kier molecular flexibility index (Phi) is 57.4. The lowest BCUT2D eigenvalue weighted by Crippen LogP contribution is -2.40. The summed E-state index contributed by atoms with van der Waals surface area (Å²) >= 11 is 0. The molecule has 0 aliphatic heterocycles. The minimum atomic E-state index is -1.52. The molecular weight excluding hydrogens is 983 g/mol. The molecule has 2 atom stereocenters. The molecule has 0 saturated heterocycles. The number of hydrogen-bond acceptors (Lipinski definition) is 7. The third-order valence-corrected chi connectivity index (χ3v) is 13.8. The van der Waals surface area contributed by atoms with Crippen LogP contribution in [0.15, 0.2) is 97.2 Å². The Labute approximate surface area is 486 Å². The van der Waals surface area contributed by atoms with Crippen LogP contribution in [0.2, 0.25) is 0 Å². The molecule has 2 unspecified atom stereocenters. The summed E-state index contributed by atoms with van der Waals surface area (Å²) in [7, 11) is 5.97. The number of carboxylic acids is 1. The number of likely N-dealkylation sites (N-methyl/N-ethyl adjacent to an activating group) is 1. The summed E-state index contributed by atoms with van der Waals surface area (Å²) in [5.74, 6) is -2.01. The zero-order valence-electron chi connectivity index (χ0n) is 51.8. The first-order valence-electron chi connectivity index (χ1n) is 32.4. The first-order chi connectivity index (χ1) is 38.6. The summed E-state index contributed by atoms with van der Waals surface area (Å²) < 4.78 is 22.9. The van der Waals surface area contributed by atoms with Crippen LogP contribution in [0.4, 0.5) is 0 Å². The molecule has 0 spiro atoms. The summed E-state index contributed by atoms with van der Waals surface area (Å²) in [5.41, 5.74) is 0. The lowest BCUT2D eigenvalue weighted by atomic mass is 10.0. The molecule has 1 N–H and O–H groups in total. The van der Waals surface area contributed by atoms with E-state index in [2.05, 4.69) is 111 Å². The highest BCUT2D eigenvalue weighted by molar-refractivity contribution is 5.71. The molecule has 454 valence electrons. The second kappa shape index (κ2) is 60.3. The SMILES string of the molecule is CC/C=C\C/C=C\C/C=C\C/C=C\C/C=C\C/C=C\C/C=C\CCCCCCCCCCCCCC(=O)OC(COC(=O)CCCCCCCCCCC/C=C\CCCCCCCCCC)COC(OCC[N+](C)(C)C)C(=O)O. The topological polar surface area (TPSA) is 108 Å². The summed E-state index contributed by atoms with van der Waals surface area (Å²) in [6, 6.07) is 0. The zero-order valence-corrected chi connectivity index (χ0v) is 51.8. The molecule has 0 aliphatic rings. The Morgan fingerprint density at radius 3 is 1.09 bits per heavy atom. The van der Waals surface area contributed by atoms with Crippen molar-refractivity contribution in [3.63, 3.8) is 0 Å². The van der Waals surface area contributed by atoms with Gasteiger partial charge in [0.1, 0.15) is 13.2 Å². The molecule has 0 saturated carbocycles. The number of aliphatic carboxylic acids is 1. The van der Waals surface area contributed by atoms with Crippen LogP contribution in [0.25, 0.3) is 0 Å². The zero-order chi connectivity index (χ0) is 57.6. The molecule has 0 aromatic carbocycles. The van der Waals surface area contributed by atoms with Crippen molar-refractivity contribution in [2.75, 3.05) is 47.5 Å². The van der Waals surface area contributed by atoms with Gasteiger partial charge >= 0.3 is 17.9 Å². The van der Waals surface area contributed by atoms with Crippen molar-refractivity contribution in [1.82, 2.24) is 0 Å². The molecule has 9 nitrogen and oxygen atoms in total. The van der Waals surface area contributed by atoms with Gasteiger partial charge in [0.05, 0.1) is 34.4 Å². The molecule has 0 amide bonds. The minimum Gasteiger partial charge on any atom is -0.477 e. The molecule has 0 radical (unpaired) electrons. The monoisotopic (exact) mass is 1100 g/mol. The average Bonchev–Trinajstić information content (AvgIpc) is 3.42.